The lowest BCUT2D eigenvalue weighted by Crippen LogP contribution is -2.34. The van der Waals surface area contributed by atoms with E-state index in [0.717, 1.165) is 31.1 Å². The first-order valence-electron chi connectivity index (χ1n) is 6.87. The number of imidazole rings is 1. The number of hydrogen-bond donors (Lipinski definition) is 2. The van der Waals surface area contributed by atoms with E-state index in [1.807, 2.05) is 24.5 Å². The fourth-order valence-corrected chi connectivity index (χ4v) is 2.87. The third kappa shape index (κ3) is 4.63. The number of nitrogens with zero attached hydrogens (tertiary/aromatic N) is 2. The smallest absolute Gasteiger partial charge is 0.110 e. The first-order chi connectivity index (χ1) is 9.31. The Bertz CT molecular complexity index is 530. The Hall–Kier alpha value is -1.23. The summed E-state index contributed by atoms with van der Waals surface area (Å²) in [6.45, 7) is 3.20. The van der Waals surface area contributed by atoms with E-state index >= 15 is 0 Å². The number of benzene rings is 1. The second-order valence-corrected chi connectivity index (χ2v) is 5.29. The summed E-state index contributed by atoms with van der Waals surface area (Å²) in [4.78, 5) is 10.1. The fourth-order valence-electron chi connectivity index (χ4n) is 2.87. The summed E-state index contributed by atoms with van der Waals surface area (Å²) < 4.78 is 0. The molecule has 0 spiro atoms. The predicted molar refractivity (Wildman–Crippen MR) is 91.2 cm³/mol. The van der Waals surface area contributed by atoms with Crippen molar-refractivity contribution in [1.82, 2.24) is 14.9 Å². The molecule has 1 fully saturated rings. The van der Waals surface area contributed by atoms with Gasteiger partial charge in [0.15, 0.2) is 0 Å². The van der Waals surface area contributed by atoms with Gasteiger partial charge in [0.1, 0.15) is 5.82 Å². The zero-order valence-corrected chi connectivity index (χ0v) is 13.5. The van der Waals surface area contributed by atoms with Crippen LogP contribution in [0.4, 0.5) is 5.69 Å². The number of halogens is 2. The molecule has 116 valence electrons. The molecule has 3 N–H and O–H groups in total. The average molecular weight is 329 g/mol. The maximum Gasteiger partial charge on any atom is 0.110 e. The van der Waals surface area contributed by atoms with Gasteiger partial charge in [-0.3, -0.25) is 4.90 Å². The Morgan fingerprint density at radius 2 is 2.19 bits per heavy atom. The van der Waals surface area contributed by atoms with E-state index in [1.54, 1.807) is 0 Å². The van der Waals surface area contributed by atoms with Crippen LogP contribution in [0.25, 0.3) is 0 Å². The minimum atomic E-state index is 0. The van der Waals surface area contributed by atoms with E-state index < -0.39 is 0 Å². The van der Waals surface area contributed by atoms with Crippen LogP contribution in [-0.4, -0.2) is 28.0 Å². The zero-order chi connectivity index (χ0) is 13.1. The van der Waals surface area contributed by atoms with Crippen LogP contribution in [0.3, 0.4) is 0 Å². The summed E-state index contributed by atoms with van der Waals surface area (Å²) in [5.74, 6) is 1.65. The second-order valence-electron chi connectivity index (χ2n) is 5.29. The number of rotatable bonds is 3. The highest BCUT2D eigenvalue weighted by Crippen LogP contribution is 2.25. The van der Waals surface area contributed by atoms with E-state index in [0.29, 0.717) is 5.92 Å². The number of piperidine rings is 1. The Balaban J connectivity index is 0.00000110. The van der Waals surface area contributed by atoms with Crippen molar-refractivity contribution >= 4 is 30.5 Å². The van der Waals surface area contributed by atoms with Gasteiger partial charge in [0.05, 0.1) is 0 Å². The lowest BCUT2D eigenvalue weighted by Gasteiger charge is -2.31. The maximum atomic E-state index is 5.83. The standard InChI is InChI=1S/C15H20N4.2ClH/c16-14-5-1-3-12(9-14)10-19-8-2-4-13(11-19)15-17-6-7-18-15;;/h1,3,5-7,9,13H,2,4,8,10-11,16H2,(H,17,18);2*1H. The van der Waals surface area contributed by atoms with Gasteiger partial charge < -0.3 is 10.7 Å². The first kappa shape index (κ1) is 17.8. The molecule has 1 unspecified atom stereocenters. The zero-order valence-electron chi connectivity index (χ0n) is 11.9. The molecule has 2 aromatic rings. The summed E-state index contributed by atoms with van der Waals surface area (Å²) in [6.07, 6.45) is 6.20. The maximum absolute atomic E-state index is 5.83. The molecule has 0 saturated carbocycles. The van der Waals surface area contributed by atoms with Crippen molar-refractivity contribution in [2.45, 2.75) is 25.3 Å². The number of aromatic amines is 1. The number of nitrogen functional groups attached to an aromatic ring is 1. The third-order valence-electron chi connectivity index (χ3n) is 3.77. The number of aromatic nitrogens is 2. The van der Waals surface area contributed by atoms with Gasteiger partial charge in [-0.2, -0.15) is 0 Å². The molecule has 4 nitrogen and oxygen atoms in total. The van der Waals surface area contributed by atoms with E-state index in [9.17, 15) is 0 Å². The lowest BCUT2D eigenvalue weighted by molar-refractivity contribution is 0.197. The predicted octanol–water partition coefficient (Wildman–Crippen LogP) is 3.22. The molecule has 1 aliphatic heterocycles. The molecule has 21 heavy (non-hydrogen) atoms. The lowest BCUT2D eigenvalue weighted by atomic mass is 9.97. The number of likely N-dealkylation sites (tertiary alicyclic amines) is 1. The van der Waals surface area contributed by atoms with Crippen LogP contribution in [0.5, 0.6) is 0 Å². The summed E-state index contributed by atoms with van der Waals surface area (Å²) in [6, 6.07) is 8.17. The van der Waals surface area contributed by atoms with Gasteiger partial charge in [-0.15, -0.1) is 24.8 Å². The van der Waals surface area contributed by atoms with Gasteiger partial charge >= 0.3 is 0 Å². The molecule has 1 saturated heterocycles. The van der Waals surface area contributed by atoms with Crippen molar-refractivity contribution in [3.05, 3.63) is 48.0 Å². The minimum absolute atomic E-state index is 0. The number of nitrogens with two attached hydrogens (primary N) is 1. The van der Waals surface area contributed by atoms with Crippen molar-refractivity contribution in [3.8, 4) is 0 Å². The van der Waals surface area contributed by atoms with E-state index in [4.69, 9.17) is 5.73 Å². The number of nitrogens with one attached hydrogen (secondary N) is 1. The Morgan fingerprint density at radius 1 is 1.33 bits per heavy atom. The van der Waals surface area contributed by atoms with Gasteiger partial charge in [-0.1, -0.05) is 12.1 Å². The monoisotopic (exact) mass is 328 g/mol. The Morgan fingerprint density at radius 3 is 2.90 bits per heavy atom. The Kier molecular flexibility index (Phi) is 7.02. The molecule has 0 bridgehead atoms. The minimum Gasteiger partial charge on any atom is -0.399 e. The summed E-state index contributed by atoms with van der Waals surface area (Å²) in [7, 11) is 0. The van der Waals surface area contributed by atoms with Gasteiger partial charge in [0, 0.05) is 37.1 Å². The first-order valence-corrected chi connectivity index (χ1v) is 6.87. The van der Waals surface area contributed by atoms with Crippen molar-refractivity contribution in [2.75, 3.05) is 18.8 Å². The van der Waals surface area contributed by atoms with Crippen LogP contribution in [0.15, 0.2) is 36.7 Å². The van der Waals surface area contributed by atoms with Crippen molar-refractivity contribution in [3.63, 3.8) is 0 Å². The number of anilines is 1. The van der Waals surface area contributed by atoms with Crippen molar-refractivity contribution in [1.29, 1.82) is 0 Å². The van der Waals surface area contributed by atoms with Gasteiger partial charge in [0.2, 0.25) is 0 Å². The van der Waals surface area contributed by atoms with Crippen molar-refractivity contribution in [2.24, 2.45) is 0 Å². The average Bonchev–Trinajstić information content (AvgIpc) is 2.93. The molecule has 2 heterocycles. The molecular weight excluding hydrogens is 307 g/mol. The van der Waals surface area contributed by atoms with E-state index in [2.05, 4.69) is 27.0 Å². The molecule has 6 heteroatoms. The van der Waals surface area contributed by atoms with Gasteiger partial charge in [-0.25, -0.2) is 4.98 Å². The highest BCUT2D eigenvalue weighted by Gasteiger charge is 2.22. The van der Waals surface area contributed by atoms with Crippen LogP contribution >= 0.6 is 24.8 Å². The normalized spacial score (nSPS) is 18.6. The summed E-state index contributed by atoms with van der Waals surface area (Å²) in [5, 5.41) is 0. The highest BCUT2D eigenvalue weighted by atomic mass is 35.5. The molecule has 0 amide bonds. The molecule has 0 radical (unpaired) electrons. The van der Waals surface area contributed by atoms with Crippen LogP contribution in [0, 0.1) is 0 Å². The quantitative estimate of drug-likeness (QED) is 0.850. The summed E-state index contributed by atoms with van der Waals surface area (Å²) >= 11 is 0. The molecule has 0 aliphatic carbocycles. The molecule has 3 rings (SSSR count). The van der Waals surface area contributed by atoms with Crippen LogP contribution < -0.4 is 5.73 Å². The van der Waals surface area contributed by atoms with Gasteiger partial charge in [0.25, 0.3) is 0 Å². The van der Waals surface area contributed by atoms with Crippen LogP contribution in [0.1, 0.15) is 30.1 Å². The fraction of sp³-hybridized carbons (Fsp3) is 0.400. The largest absolute Gasteiger partial charge is 0.399 e. The van der Waals surface area contributed by atoms with Crippen LogP contribution in [-0.2, 0) is 6.54 Å². The molecule has 1 aromatic heterocycles. The molecular formula is C15H22Cl2N4. The van der Waals surface area contributed by atoms with Gasteiger partial charge in [-0.05, 0) is 37.1 Å². The van der Waals surface area contributed by atoms with Crippen LogP contribution in [0.2, 0.25) is 0 Å². The van der Waals surface area contributed by atoms with E-state index in [1.165, 1.54) is 18.4 Å². The molecule has 1 aromatic carbocycles. The highest BCUT2D eigenvalue weighted by molar-refractivity contribution is 5.85. The van der Waals surface area contributed by atoms with E-state index in [-0.39, 0.29) is 24.8 Å². The number of H-pyrrole nitrogens is 1. The number of hydrogen-bond acceptors (Lipinski definition) is 3. The molecule has 1 aliphatic rings. The third-order valence-corrected chi connectivity index (χ3v) is 3.77. The second kappa shape index (κ2) is 8.27. The Labute approximate surface area is 138 Å². The van der Waals surface area contributed by atoms with Crippen molar-refractivity contribution < 1.29 is 0 Å². The molecule has 1 atom stereocenters. The SMILES string of the molecule is Cl.Cl.Nc1cccc(CN2CCCC(c3ncc[nH]3)C2)c1. The summed E-state index contributed by atoms with van der Waals surface area (Å²) in [5.41, 5.74) is 7.97. The topological polar surface area (TPSA) is 57.9 Å².